The van der Waals surface area contributed by atoms with Crippen LogP contribution in [0.1, 0.15) is 44.6 Å². The lowest BCUT2D eigenvalue weighted by Crippen LogP contribution is -2.29. The molecule has 0 heterocycles. The van der Waals surface area contributed by atoms with E-state index in [4.69, 9.17) is 0 Å². The summed E-state index contributed by atoms with van der Waals surface area (Å²) in [5.41, 5.74) is 6.98. The van der Waals surface area contributed by atoms with Gasteiger partial charge in [-0.25, -0.2) is 5.43 Å². The standard InChI is InChI=1S/C21H24N2O/c1-16(22-23-21(24)20-10-6-3-7-11-20)17-12-14-19(15-13-17)18-8-4-2-5-9-18/h2,4-5,8-9,12-15,20H,3,6-7,10-11H2,1H3,(H,23,24). The Balaban J connectivity index is 1.64. The fraction of sp³-hybridized carbons (Fsp3) is 0.333. The molecular formula is C21H24N2O. The van der Waals surface area contributed by atoms with E-state index in [-0.39, 0.29) is 11.8 Å². The van der Waals surface area contributed by atoms with Crippen LogP contribution in [0.2, 0.25) is 0 Å². The second-order valence-electron chi connectivity index (χ2n) is 6.45. The van der Waals surface area contributed by atoms with E-state index < -0.39 is 0 Å². The number of hydrogen-bond donors (Lipinski definition) is 1. The summed E-state index contributed by atoms with van der Waals surface area (Å²) in [4.78, 5) is 12.2. The Kier molecular flexibility index (Phi) is 5.42. The average Bonchev–Trinajstić information content (AvgIpc) is 2.67. The average molecular weight is 320 g/mol. The molecule has 3 rings (SSSR count). The van der Waals surface area contributed by atoms with Crippen LogP contribution >= 0.6 is 0 Å². The SMILES string of the molecule is CC(=NNC(=O)C1CCCCC1)c1ccc(-c2ccccc2)cc1. The van der Waals surface area contributed by atoms with Crippen LogP contribution < -0.4 is 5.43 Å². The summed E-state index contributed by atoms with van der Waals surface area (Å²) < 4.78 is 0. The Bertz CT molecular complexity index is 698. The molecule has 2 aromatic rings. The van der Waals surface area contributed by atoms with Crippen molar-refractivity contribution in [1.29, 1.82) is 0 Å². The molecule has 2 aromatic carbocycles. The van der Waals surface area contributed by atoms with Gasteiger partial charge in [-0.3, -0.25) is 4.79 Å². The summed E-state index contributed by atoms with van der Waals surface area (Å²) in [5.74, 6) is 0.200. The molecule has 1 aliphatic rings. The van der Waals surface area contributed by atoms with Crippen LogP contribution in [0.4, 0.5) is 0 Å². The maximum absolute atomic E-state index is 12.2. The third-order valence-electron chi connectivity index (χ3n) is 4.72. The molecule has 124 valence electrons. The first-order valence-electron chi connectivity index (χ1n) is 8.74. The van der Waals surface area contributed by atoms with Crippen LogP contribution in [-0.4, -0.2) is 11.6 Å². The Labute approximate surface area is 143 Å². The van der Waals surface area contributed by atoms with E-state index in [2.05, 4.69) is 34.8 Å². The predicted octanol–water partition coefficient (Wildman–Crippen LogP) is 4.77. The number of nitrogens with zero attached hydrogens (tertiary/aromatic N) is 1. The predicted molar refractivity (Wildman–Crippen MR) is 98.8 cm³/mol. The minimum Gasteiger partial charge on any atom is -0.273 e. The molecule has 0 bridgehead atoms. The molecule has 1 N–H and O–H groups in total. The summed E-state index contributed by atoms with van der Waals surface area (Å²) >= 11 is 0. The Morgan fingerprint density at radius 3 is 2.21 bits per heavy atom. The number of hydrazone groups is 1. The molecule has 0 saturated heterocycles. The third kappa shape index (κ3) is 4.10. The quantitative estimate of drug-likeness (QED) is 0.639. The third-order valence-corrected chi connectivity index (χ3v) is 4.72. The minimum atomic E-state index is 0.0648. The summed E-state index contributed by atoms with van der Waals surface area (Å²) in [6, 6.07) is 18.6. The van der Waals surface area contributed by atoms with Gasteiger partial charge in [0, 0.05) is 5.92 Å². The molecule has 3 nitrogen and oxygen atoms in total. The van der Waals surface area contributed by atoms with E-state index in [1.807, 2.05) is 37.3 Å². The van der Waals surface area contributed by atoms with Gasteiger partial charge in [-0.1, -0.05) is 73.9 Å². The van der Waals surface area contributed by atoms with Crippen molar-refractivity contribution in [2.75, 3.05) is 0 Å². The van der Waals surface area contributed by atoms with Crippen molar-refractivity contribution in [2.24, 2.45) is 11.0 Å². The molecule has 1 saturated carbocycles. The van der Waals surface area contributed by atoms with Gasteiger partial charge >= 0.3 is 0 Å². The molecule has 0 unspecified atom stereocenters. The zero-order valence-electron chi connectivity index (χ0n) is 14.2. The Morgan fingerprint density at radius 2 is 1.54 bits per heavy atom. The van der Waals surface area contributed by atoms with Gasteiger partial charge in [-0.2, -0.15) is 5.10 Å². The van der Waals surface area contributed by atoms with Crippen molar-refractivity contribution in [3.8, 4) is 11.1 Å². The van der Waals surface area contributed by atoms with E-state index in [9.17, 15) is 4.79 Å². The van der Waals surface area contributed by atoms with E-state index in [0.29, 0.717) is 0 Å². The molecular weight excluding hydrogens is 296 g/mol. The highest BCUT2D eigenvalue weighted by atomic mass is 16.2. The van der Waals surface area contributed by atoms with E-state index in [0.717, 1.165) is 37.0 Å². The molecule has 0 radical (unpaired) electrons. The van der Waals surface area contributed by atoms with Crippen LogP contribution in [0.3, 0.4) is 0 Å². The highest BCUT2D eigenvalue weighted by Crippen LogP contribution is 2.23. The van der Waals surface area contributed by atoms with Crippen LogP contribution in [0.15, 0.2) is 59.7 Å². The molecule has 0 aromatic heterocycles. The summed E-state index contributed by atoms with van der Waals surface area (Å²) in [5, 5.41) is 4.29. The largest absolute Gasteiger partial charge is 0.273 e. The second kappa shape index (κ2) is 7.91. The van der Waals surface area contributed by atoms with Crippen molar-refractivity contribution >= 4 is 11.6 Å². The number of hydrogen-bond acceptors (Lipinski definition) is 2. The monoisotopic (exact) mass is 320 g/mol. The first-order chi connectivity index (χ1) is 11.7. The first-order valence-corrected chi connectivity index (χ1v) is 8.74. The van der Waals surface area contributed by atoms with Crippen molar-refractivity contribution in [3.05, 3.63) is 60.2 Å². The van der Waals surface area contributed by atoms with Gasteiger partial charge in [0.1, 0.15) is 0 Å². The Hall–Kier alpha value is -2.42. The van der Waals surface area contributed by atoms with Crippen LogP contribution in [0, 0.1) is 5.92 Å². The zero-order valence-corrected chi connectivity index (χ0v) is 14.2. The molecule has 1 amide bonds. The number of carbonyl (C=O) groups is 1. The number of benzene rings is 2. The number of amides is 1. The van der Waals surface area contributed by atoms with Gasteiger partial charge in [0.2, 0.25) is 5.91 Å². The van der Waals surface area contributed by atoms with Crippen LogP contribution in [-0.2, 0) is 4.79 Å². The molecule has 0 aliphatic heterocycles. The fourth-order valence-electron chi connectivity index (χ4n) is 3.19. The lowest BCUT2D eigenvalue weighted by atomic mass is 9.89. The van der Waals surface area contributed by atoms with Crippen molar-refractivity contribution in [1.82, 2.24) is 5.43 Å². The fourth-order valence-corrected chi connectivity index (χ4v) is 3.19. The Morgan fingerprint density at radius 1 is 0.917 bits per heavy atom. The lowest BCUT2D eigenvalue weighted by molar-refractivity contribution is -0.125. The lowest BCUT2D eigenvalue weighted by Gasteiger charge is -2.19. The van der Waals surface area contributed by atoms with Gasteiger partial charge < -0.3 is 0 Å². The van der Waals surface area contributed by atoms with E-state index in [1.54, 1.807) is 0 Å². The van der Waals surface area contributed by atoms with Gasteiger partial charge in [-0.15, -0.1) is 0 Å². The zero-order chi connectivity index (χ0) is 16.8. The van der Waals surface area contributed by atoms with Gasteiger partial charge in [0.15, 0.2) is 0 Å². The number of rotatable bonds is 4. The highest BCUT2D eigenvalue weighted by Gasteiger charge is 2.20. The normalized spacial score (nSPS) is 16.0. The first kappa shape index (κ1) is 16.4. The number of carbonyl (C=O) groups excluding carboxylic acids is 1. The molecule has 24 heavy (non-hydrogen) atoms. The smallest absolute Gasteiger partial charge is 0.243 e. The maximum atomic E-state index is 12.2. The topological polar surface area (TPSA) is 41.5 Å². The highest BCUT2D eigenvalue weighted by molar-refractivity contribution is 5.99. The molecule has 1 aliphatic carbocycles. The summed E-state index contributed by atoms with van der Waals surface area (Å²) in [7, 11) is 0. The molecule has 1 fully saturated rings. The minimum absolute atomic E-state index is 0.0648. The van der Waals surface area contributed by atoms with Crippen LogP contribution in [0.5, 0.6) is 0 Å². The van der Waals surface area contributed by atoms with Gasteiger partial charge in [0.05, 0.1) is 5.71 Å². The van der Waals surface area contributed by atoms with Gasteiger partial charge in [0.25, 0.3) is 0 Å². The van der Waals surface area contributed by atoms with Crippen molar-refractivity contribution in [2.45, 2.75) is 39.0 Å². The molecule has 0 spiro atoms. The summed E-state index contributed by atoms with van der Waals surface area (Å²) in [6.07, 6.45) is 5.54. The molecule has 0 atom stereocenters. The maximum Gasteiger partial charge on any atom is 0.243 e. The number of nitrogens with one attached hydrogen (secondary N) is 1. The van der Waals surface area contributed by atoms with Crippen molar-refractivity contribution < 1.29 is 4.79 Å². The summed E-state index contributed by atoms with van der Waals surface area (Å²) in [6.45, 7) is 1.93. The van der Waals surface area contributed by atoms with E-state index in [1.165, 1.54) is 17.5 Å². The second-order valence-corrected chi connectivity index (χ2v) is 6.45. The molecule has 3 heteroatoms. The van der Waals surface area contributed by atoms with Crippen LogP contribution in [0.25, 0.3) is 11.1 Å². The van der Waals surface area contributed by atoms with Crippen molar-refractivity contribution in [3.63, 3.8) is 0 Å². The van der Waals surface area contributed by atoms with E-state index >= 15 is 0 Å². The van der Waals surface area contributed by atoms with Gasteiger partial charge in [-0.05, 0) is 36.5 Å².